The lowest BCUT2D eigenvalue weighted by atomic mass is 10.2. The van der Waals surface area contributed by atoms with Crippen molar-refractivity contribution < 1.29 is 14.3 Å². The minimum Gasteiger partial charge on any atom is -0.503 e. The van der Waals surface area contributed by atoms with Crippen molar-refractivity contribution in [3.05, 3.63) is 22.4 Å². The van der Waals surface area contributed by atoms with Gasteiger partial charge in [0, 0.05) is 10.9 Å². The second kappa shape index (κ2) is 5.78. The number of carbonyl (C=O) groups excluding carboxylic acids is 1. The summed E-state index contributed by atoms with van der Waals surface area (Å²) < 4.78 is 9.82. The van der Waals surface area contributed by atoms with E-state index < -0.39 is 5.97 Å². The van der Waals surface area contributed by atoms with Crippen molar-refractivity contribution in [1.82, 2.24) is 9.91 Å². The molecule has 2 heterocycles. The largest absolute Gasteiger partial charge is 0.503 e. The molecule has 2 aliphatic rings. The molecule has 0 bridgehead atoms. The Balaban J connectivity index is 2.30. The van der Waals surface area contributed by atoms with Crippen LogP contribution in [0, 0.1) is 0 Å². The maximum absolute atomic E-state index is 11.9. The Bertz CT molecular complexity index is 499. The van der Waals surface area contributed by atoms with Gasteiger partial charge < -0.3 is 14.4 Å². The maximum Gasteiger partial charge on any atom is 0.342 e. The molecule has 0 saturated heterocycles. The average molecular weight is 297 g/mol. The van der Waals surface area contributed by atoms with E-state index in [0.717, 1.165) is 10.6 Å². The fraction of sp³-hybridized carbons (Fsp3) is 0.538. The summed E-state index contributed by atoms with van der Waals surface area (Å²) in [5.74, 6) is -0.407. The van der Waals surface area contributed by atoms with Crippen LogP contribution in [0.4, 0.5) is 0 Å². The number of carbonyl (C=O) groups is 1. The Hall–Kier alpha value is -1.63. The zero-order valence-electron chi connectivity index (χ0n) is 12.3. The fourth-order valence-corrected chi connectivity index (χ4v) is 3.55. The molecule has 7 heteroatoms. The third-order valence-electron chi connectivity index (χ3n) is 3.15. The molecule has 1 atom stereocenters. The molecule has 6 nitrogen and oxygen atoms in total. The quantitative estimate of drug-likeness (QED) is 0.449. The second-order valence-electron chi connectivity index (χ2n) is 4.73. The Kier molecular flexibility index (Phi) is 4.27. The number of hydrazone groups is 1. The lowest BCUT2D eigenvalue weighted by Gasteiger charge is -2.27. The highest BCUT2D eigenvalue weighted by atomic mass is 32.2. The summed E-state index contributed by atoms with van der Waals surface area (Å²) in [6.07, 6.45) is 3.25. The van der Waals surface area contributed by atoms with Crippen molar-refractivity contribution in [2.24, 2.45) is 5.10 Å². The van der Waals surface area contributed by atoms with E-state index in [9.17, 15) is 4.79 Å². The van der Waals surface area contributed by atoms with E-state index in [-0.39, 0.29) is 5.50 Å². The van der Waals surface area contributed by atoms with E-state index in [0.29, 0.717) is 11.6 Å². The van der Waals surface area contributed by atoms with Gasteiger partial charge in [-0.05, 0) is 20.8 Å². The standard InChI is InChI=1S/C13H19N3O3S/c1-8(2)15-7-14-16-9(3)11(20-13(15)16)10(6-18-4)12(17)19-5/h6-8,13H,1-5H3. The molecule has 0 aromatic rings. The predicted octanol–water partition coefficient (Wildman–Crippen LogP) is 1.92. The number of hydrogen-bond acceptors (Lipinski definition) is 7. The van der Waals surface area contributed by atoms with E-state index in [1.165, 1.54) is 20.5 Å². The Morgan fingerprint density at radius 2 is 2.20 bits per heavy atom. The Morgan fingerprint density at radius 3 is 2.75 bits per heavy atom. The topological polar surface area (TPSA) is 54.4 Å². The molecule has 0 aromatic heterocycles. The van der Waals surface area contributed by atoms with E-state index >= 15 is 0 Å². The zero-order valence-corrected chi connectivity index (χ0v) is 13.1. The molecular formula is C13H19N3O3S. The van der Waals surface area contributed by atoms with Gasteiger partial charge >= 0.3 is 5.97 Å². The van der Waals surface area contributed by atoms with Crippen molar-refractivity contribution >= 4 is 24.1 Å². The number of nitrogens with zero attached hydrogens (tertiary/aromatic N) is 3. The van der Waals surface area contributed by atoms with Crippen molar-refractivity contribution in [3.8, 4) is 0 Å². The van der Waals surface area contributed by atoms with Gasteiger partial charge in [-0.25, -0.2) is 9.80 Å². The summed E-state index contributed by atoms with van der Waals surface area (Å²) in [5, 5.41) is 6.30. The Morgan fingerprint density at radius 1 is 1.50 bits per heavy atom. The van der Waals surface area contributed by atoms with Crippen LogP contribution in [0.3, 0.4) is 0 Å². The van der Waals surface area contributed by atoms with Gasteiger partial charge in [0.1, 0.15) is 11.9 Å². The number of esters is 1. The highest BCUT2D eigenvalue weighted by molar-refractivity contribution is 8.04. The number of thioether (sulfide) groups is 1. The number of rotatable bonds is 4. The van der Waals surface area contributed by atoms with Crippen molar-refractivity contribution in [3.63, 3.8) is 0 Å². The predicted molar refractivity (Wildman–Crippen MR) is 78.5 cm³/mol. The number of fused-ring (bicyclic) bond motifs is 1. The lowest BCUT2D eigenvalue weighted by molar-refractivity contribution is -0.135. The van der Waals surface area contributed by atoms with E-state index in [1.54, 1.807) is 11.8 Å². The van der Waals surface area contributed by atoms with Crippen LogP contribution in [0.25, 0.3) is 0 Å². The van der Waals surface area contributed by atoms with Crippen LogP contribution in [-0.4, -0.2) is 48.0 Å². The summed E-state index contributed by atoms with van der Waals surface area (Å²) in [5.41, 5.74) is 1.40. The molecule has 0 aliphatic carbocycles. The van der Waals surface area contributed by atoms with E-state index in [1.807, 2.05) is 18.3 Å². The monoisotopic (exact) mass is 297 g/mol. The molecule has 0 amide bonds. The highest BCUT2D eigenvalue weighted by Gasteiger charge is 2.41. The first-order valence-electron chi connectivity index (χ1n) is 6.31. The minimum atomic E-state index is -0.407. The molecular weight excluding hydrogens is 278 g/mol. The molecule has 0 aromatic carbocycles. The van der Waals surface area contributed by atoms with Crippen LogP contribution in [0.1, 0.15) is 20.8 Å². The van der Waals surface area contributed by atoms with Crippen LogP contribution in [0.5, 0.6) is 0 Å². The van der Waals surface area contributed by atoms with Crippen LogP contribution in [-0.2, 0) is 14.3 Å². The zero-order chi connectivity index (χ0) is 14.9. The first-order valence-corrected chi connectivity index (χ1v) is 7.19. The van der Waals surface area contributed by atoms with Crippen LogP contribution < -0.4 is 0 Å². The van der Waals surface area contributed by atoms with Crippen LogP contribution in [0.2, 0.25) is 0 Å². The number of allylic oxidation sites excluding steroid dienone is 1. The van der Waals surface area contributed by atoms with Crippen molar-refractivity contribution in [1.29, 1.82) is 0 Å². The molecule has 20 heavy (non-hydrogen) atoms. The molecule has 0 spiro atoms. The summed E-state index contributed by atoms with van der Waals surface area (Å²) in [6, 6.07) is 0.335. The lowest BCUT2D eigenvalue weighted by Crippen LogP contribution is -2.38. The van der Waals surface area contributed by atoms with Gasteiger partial charge in [-0.3, -0.25) is 0 Å². The van der Waals surface area contributed by atoms with Crippen molar-refractivity contribution in [2.75, 3.05) is 14.2 Å². The van der Waals surface area contributed by atoms with Gasteiger partial charge in [0.05, 0.1) is 26.2 Å². The van der Waals surface area contributed by atoms with Crippen molar-refractivity contribution in [2.45, 2.75) is 32.3 Å². The Labute approximate surface area is 123 Å². The highest BCUT2D eigenvalue weighted by Crippen LogP contribution is 2.45. The van der Waals surface area contributed by atoms with Gasteiger partial charge in [0.15, 0.2) is 5.50 Å². The normalized spacial score (nSPS) is 21.9. The second-order valence-corrected chi connectivity index (χ2v) is 5.80. The molecule has 0 radical (unpaired) electrons. The molecule has 110 valence electrons. The average Bonchev–Trinajstić information content (AvgIpc) is 2.96. The van der Waals surface area contributed by atoms with Gasteiger partial charge in [0.25, 0.3) is 0 Å². The van der Waals surface area contributed by atoms with Gasteiger partial charge in [-0.15, -0.1) is 0 Å². The number of methoxy groups -OCH3 is 2. The van der Waals surface area contributed by atoms with Gasteiger partial charge in [-0.2, -0.15) is 5.10 Å². The molecule has 2 aliphatic heterocycles. The maximum atomic E-state index is 11.9. The fourth-order valence-electron chi connectivity index (χ4n) is 2.08. The van der Waals surface area contributed by atoms with Crippen LogP contribution >= 0.6 is 11.8 Å². The molecule has 0 saturated carbocycles. The van der Waals surface area contributed by atoms with E-state index in [4.69, 9.17) is 9.47 Å². The van der Waals surface area contributed by atoms with Gasteiger partial charge in [-0.1, -0.05) is 11.8 Å². The third-order valence-corrected chi connectivity index (χ3v) is 4.56. The minimum absolute atomic E-state index is 0.0508. The molecule has 2 rings (SSSR count). The third kappa shape index (κ3) is 2.37. The van der Waals surface area contributed by atoms with E-state index in [2.05, 4.69) is 23.8 Å². The SMILES string of the molecule is COC=C(C(=O)OC)C1=C(C)N2N=CN(C(C)C)C2S1. The summed E-state index contributed by atoms with van der Waals surface area (Å²) in [7, 11) is 2.87. The van der Waals surface area contributed by atoms with Crippen LogP contribution in [0.15, 0.2) is 27.5 Å². The first kappa shape index (κ1) is 14.8. The summed E-state index contributed by atoms with van der Waals surface area (Å²) in [4.78, 5) is 14.9. The summed E-state index contributed by atoms with van der Waals surface area (Å²) in [6.45, 7) is 6.15. The molecule has 0 fully saturated rings. The molecule has 0 N–H and O–H groups in total. The molecule has 1 unspecified atom stereocenters. The first-order chi connectivity index (χ1) is 9.51. The summed E-state index contributed by atoms with van der Waals surface area (Å²) >= 11 is 1.57. The number of ether oxygens (including phenoxy) is 2. The number of hydrogen-bond donors (Lipinski definition) is 0. The smallest absolute Gasteiger partial charge is 0.342 e. The van der Waals surface area contributed by atoms with Gasteiger partial charge in [0.2, 0.25) is 0 Å².